The Morgan fingerprint density at radius 2 is 1.92 bits per heavy atom. The lowest BCUT2D eigenvalue weighted by Gasteiger charge is -2.19. The number of para-hydroxylation sites is 1. The predicted octanol–water partition coefficient (Wildman–Crippen LogP) is 2.98. The van der Waals surface area contributed by atoms with Crippen molar-refractivity contribution in [3.8, 4) is 0 Å². The Bertz CT molecular complexity index is 689. The maximum atomic E-state index is 12.4. The van der Waals surface area contributed by atoms with Crippen LogP contribution < -0.4 is 5.32 Å². The first kappa shape index (κ1) is 18.2. The fraction of sp³-hybridized carbons (Fsp3) is 0.474. The summed E-state index contributed by atoms with van der Waals surface area (Å²) in [7, 11) is 0. The average molecular weight is 329 g/mol. The molecular weight excluding hydrogens is 302 g/mol. The molecule has 1 amide bonds. The molecule has 2 N–H and O–H groups in total. The molecule has 0 aliphatic heterocycles. The maximum Gasteiger partial charge on any atom is 0.292 e. The fourth-order valence-corrected chi connectivity index (χ4v) is 2.90. The van der Waals surface area contributed by atoms with Gasteiger partial charge in [0.25, 0.3) is 11.7 Å². The number of rotatable bonds is 9. The Morgan fingerprint density at radius 3 is 2.62 bits per heavy atom. The zero-order valence-electron chi connectivity index (χ0n) is 14.8. The van der Waals surface area contributed by atoms with Gasteiger partial charge < -0.3 is 15.2 Å². The molecule has 0 radical (unpaired) electrons. The van der Waals surface area contributed by atoms with Gasteiger partial charge in [-0.1, -0.05) is 32.0 Å². The van der Waals surface area contributed by atoms with E-state index in [1.165, 1.54) is 0 Å². The zero-order chi connectivity index (χ0) is 17.5. The average Bonchev–Trinajstić information content (AvgIpc) is 3.02. The fourth-order valence-electron chi connectivity index (χ4n) is 2.90. The van der Waals surface area contributed by atoms with Gasteiger partial charge in [-0.25, -0.2) is 0 Å². The minimum atomic E-state index is -0.532. The van der Waals surface area contributed by atoms with E-state index in [4.69, 9.17) is 0 Å². The Kier molecular flexibility index (Phi) is 6.55. The number of H-pyrrole nitrogens is 1. The number of aromatic amines is 1. The normalized spacial score (nSPS) is 12.5. The Hall–Kier alpha value is -2.14. The number of nitrogens with one attached hydrogen (secondary N) is 2. The molecule has 130 valence electrons. The van der Waals surface area contributed by atoms with Crippen LogP contribution >= 0.6 is 0 Å². The first-order valence-electron chi connectivity index (χ1n) is 8.70. The molecule has 0 spiro atoms. The van der Waals surface area contributed by atoms with Crippen molar-refractivity contribution in [2.75, 3.05) is 19.6 Å². The summed E-state index contributed by atoms with van der Waals surface area (Å²) in [5.74, 6) is -1.02. The maximum absolute atomic E-state index is 12.4. The Morgan fingerprint density at radius 1 is 1.21 bits per heavy atom. The van der Waals surface area contributed by atoms with E-state index in [9.17, 15) is 9.59 Å². The molecular formula is C19H27N3O2. The van der Waals surface area contributed by atoms with Crippen LogP contribution in [0.2, 0.25) is 0 Å². The number of carbonyl (C=O) groups excluding carboxylic acids is 2. The molecule has 0 saturated heterocycles. The smallest absolute Gasteiger partial charge is 0.292 e. The summed E-state index contributed by atoms with van der Waals surface area (Å²) < 4.78 is 0. The van der Waals surface area contributed by atoms with Crippen LogP contribution in [-0.4, -0.2) is 47.3 Å². The summed E-state index contributed by atoms with van der Waals surface area (Å²) in [6.07, 6.45) is 3.48. The molecule has 1 aromatic heterocycles. The number of Topliss-reactive ketones (excluding diaryl/α,β-unsaturated/α-hetero) is 1. The van der Waals surface area contributed by atoms with E-state index in [-0.39, 0.29) is 6.04 Å². The van der Waals surface area contributed by atoms with E-state index in [2.05, 4.69) is 29.0 Å². The van der Waals surface area contributed by atoms with Crippen molar-refractivity contribution < 1.29 is 9.59 Å². The highest BCUT2D eigenvalue weighted by atomic mass is 16.2. The molecule has 5 heteroatoms. The summed E-state index contributed by atoms with van der Waals surface area (Å²) in [4.78, 5) is 30.0. The molecule has 0 saturated carbocycles. The molecule has 2 aromatic rings. The van der Waals surface area contributed by atoms with Gasteiger partial charge in [-0.2, -0.15) is 0 Å². The lowest BCUT2D eigenvalue weighted by atomic mass is 10.1. The van der Waals surface area contributed by atoms with Crippen LogP contribution in [0.3, 0.4) is 0 Å². The van der Waals surface area contributed by atoms with E-state index < -0.39 is 11.7 Å². The van der Waals surface area contributed by atoms with Crippen LogP contribution in [0.1, 0.15) is 44.0 Å². The van der Waals surface area contributed by atoms with Gasteiger partial charge in [-0.3, -0.25) is 9.59 Å². The van der Waals surface area contributed by atoms with Gasteiger partial charge in [0.05, 0.1) is 5.56 Å². The number of ketones is 1. The second kappa shape index (κ2) is 8.64. The number of benzene rings is 1. The SMILES string of the molecule is CCN(CC)CCC[C@@H](C)NC(=O)C(=O)c1c[nH]c2ccccc12. The zero-order valence-corrected chi connectivity index (χ0v) is 14.8. The molecule has 0 unspecified atom stereocenters. The van der Waals surface area contributed by atoms with Gasteiger partial charge in [0.15, 0.2) is 0 Å². The Balaban J connectivity index is 1.88. The third-order valence-corrected chi connectivity index (χ3v) is 4.42. The van der Waals surface area contributed by atoms with Crippen LogP contribution in [0, 0.1) is 0 Å². The lowest BCUT2D eigenvalue weighted by Crippen LogP contribution is -2.38. The second-order valence-corrected chi connectivity index (χ2v) is 6.12. The number of aromatic nitrogens is 1. The largest absolute Gasteiger partial charge is 0.360 e. The summed E-state index contributed by atoms with van der Waals surface area (Å²) in [5.41, 5.74) is 1.29. The predicted molar refractivity (Wildman–Crippen MR) is 97.3 cm³/mol. The number of carbonyl (C=O) groups is 2. The van der Waals surface area contributed by atoms with Crippen molar-refractivity contribution in [2.45, 2.75) is 39.7 Å². The van der Waals surface area contributed by atoms with Crippen molar-refractivity contribution in [1.82, 2.24) is 15.2 Å². The monoisotopic (exact) mass is 329 g/mol. The summed E-state index contributed by atoms with van der Waals surface area (Å²) in [6.45, 7) is 9.34. The van der Waals surface area contributed by atoms with Crippen molar-refractivity contribution in [3.05, 3.63) is 36.0 Å². The van der Waals surface area contributed by atoms with Crippen LogP contribution in [-0.2, 0) is 4.79 Å². The van der Waals surface area contributed by atoms with Crippen LogP contribution in [0.4, 0.5) is 0 Å². The highest BCUT2D eigenvalue weighted by Gasteiger charge is 2.21. The molecule has 0 aliphatic carbocycles. The van der Waals surface area contributed by atoms with E-state index in [0.29, 0.717) is 5.56 Å². The second-order valence-electron chi connectivity index (χ2n) is 6.12. The van der Waals surface area contributed by atoms with Gasteiger partial charge in [0, 0.05) is 23.1 Å². The molecule has 24 heavy (non-hydrogen) atoms. The molecule has 0 fully saturated rings. The standard InChI is InChI=1S/C19H27N3O2/c1-4-22(5-2)12-8-9-14(3)21-19(24)18(23)16-13-20-17-11-7-6-10-15(16)17/h6-7,10-11,13-14,20H,4-5,8-9,12H2,1-3H3,(H,21,24)/t14-/m1/s1. The summed E-state index contributed by atoms with van der Waals surface area (Å²) in [6, 6.07) is 7.48. The van der Waals surface area contributed by atoms with Crippen molar-refractivity contribution >= 4 is 22.6 Å². The molecule has 0 aliphatic rings. The van der Waals surface area contributed by atoms with E-state index in [1.54, 1.807) is 6.20 Å². The van der Waals surface area contributed by atoms with Gasteiger partial charge in [0.1, 0.15) is 0 Å². The first-order chi connectivity index (χ1) is 11.6. The van der Waals surface area contributed by atoms with Gasteiger partial charge in [0.2, 0.25) is 0 Å². The van der Waals surface area contributed by atoms with E-state index in [1.807, 2.05) is 31.2 Å². The number of nitrogens with zero attached hydrogens (tertiary/aromatic N) is 1. The van der Waals surface area contributed by atoms with E-state index in [0.717, 1.165) is 43.4 Å². The molecule has 1 atom stereocenters. The minimum Gasteiger partial charge on any atom is -0.360 e. The van der Waals surface area contributed by atoms with Gasteiger partial charge in [-0.15, -0.1) is 0 Å². The van der Waals surface area contributed by atoms with Crippen LogP contribution in [0.5, 0.6) is 0 Å². The van der Waals surface area contributed by atoms with E-state index >= 15 is 0 Å². The molecule has 5 nitrogen and oxygen atoms in total. The summed E-state index contributed by atoms with van der Waals surface area (Å²) >= 11 is 0. The van der Waals surface area contributed by atoms with Crippen molar-refractivity contribution in [2.24, 2.45) is 0 Å². The van der Waals surface area contributed by atoms with Crippen molar-refractivity contribution in [1.29, 1.82) is 0 Å². The quantitative estimate of drug-likeness (QED) is 0.549. The molecule has 2 rings (SSSR count). The third-order valence-electron chi connectivity index (χ3n) is 4.42. The van der Waals surface area contributed by atoms with Gasteiger partial charge >= 0.3 is 0 Å². The number of fused-ring (bicyclic) bond motifs is 1. The Labute approximate surface area is 143 Å². The lowest BCUT2D eigenvalue weighted by molar-refractivity contribution is -0.117. The number of hydrogen-bond donors (Lipinski definition) is 2. The molecule has 0 bridgehead atoms. The first-order valence-corrected chi connectivity index (χ1v) is 8.70. The molecule has 1 heterocycles. The van der Waals surface area contributed by atoms with Crippen molar-refractivity contribution in [3.63, 3.8) is 0 Å². The topological polar surface area (TPSA) is 65.2 Å². The number of amides is 1. The van der Waals surface area contributed by atoms with Crippen LogP contribution in [0.25, 0.3) is 10.9 Å². The number of hydrogen-bond acceptors (Lipinski definition) is 3. The highest BCUT2D eigenvalue weighted by molar-refractivity contribution is 6.45. The highest BCUT2D eigenvalue weighted by Crippen LogP contribution is 2.18. The summed E-state index contributed by atoms with van der Waals surface area (Å²) in [5, 5.41) is 3.61. The minimum absolute atomic E-state index is 0.0118. The van der Waals surface area contributed by atoms with Crippen LogP contribution in [0.15, 0.2) is 30.5 Å². The third kappa shape index (κ3) is 4.45. The molecule has 1 aromatic carbocycles. The van der Waals surface area contributed by atoms with Gasteiger partial charge in [-0.05, 0) is 45.5 Å².